The molecule has 148 valence electrons. The molecule has 2 amide bonds. The van der Waals surface area contributed by atoms with Gasteiger partial charge in [0.15, 0.2) is 6.61 Å². The Kier molecular flexibility index (Phi) is 6.24. The zero-order chi connectivity index (χ0) is 20.8. The summed E-state index contributed by atoms with van der Waals surface area (Å²) in [7, 11) is 0. The fourth-order valence-corrected chi connectivity index (χ4v) is 3.14. The molecule has 3 aromatic rings. The molecule has 0 heterocycles. The van der Waals surface area contributed by atoms with Crippen molar-refractivity contribution in [1.82, 2.24) is 0 Å². The Labute approximate surface area is 169 Å². The highest BCUT2D eigenvalue weighted by atomic mass is 16.5. The van der Waals surface area contributed by atoms with Gasteiger partial charge in [0.25, 0.3) is 5.91 Å². The number of likely N-dealkylation sites (N-methyl/N-ethyl adjacent to an activating group) is 1. The van der Waals surface area contributed by atoms with E-state index < -0.39 is 5.97 Å². The van der Waals surface area contributed by atoms with Crippen molar-refractivity contribution >= 4 is 39.9 Å². The van der Waals surface area contributed by atoms with Crippen LogP contribution in [-0.4, -0.2) is 30.9 Å². The van der Waals surface area contributed by atoms with Gasteiger partial charge >= 0.3 is 5.97 Å². The van der Waals surface area contributed by atoms with E-state index in [1.807, 2.05) is 49.4 Å². The van der Waals surface area contributed by atoms with Crippen LogP contribution in [0.4, 0.5) is 11.4 Å². The van der Waals surface area contributed by atoms with Crippen LogP contribution in [0.2, 0.25) is 0 Å². The lowest BCUT2D eigenvalue weighted by Crippen LogP contribution is -2.34. The van der Waals surface area contributed by atoms with Crippen molar-refractivity contribution in [2.45, 2.75) is 13.8 Å². The van der Waals surface area contributed by atoms with Crippen molar-refractivity contribution < 1.29 is 19.1 Å². The zero-order valence-corrected chi connectivity index (χ0v) is 16.3. The quantitative estimate of drug-likeness (QED) is 0.646. The van der Waals surface area contributed by atoms with Gasteiger partial charge in [-0.1, -0.05) is 42.5 Å². The van der Waals surface area contributed by atoms with E-state index in [4.69, 9.17) is 4.74 Å². The minimum absolute atomic E-state index is 0.237. The molecule has 6 heteroatoms. The maximum atomic E-state index is 12.8. The number of hydrogen-bond acceptors (Lipinski definition) is 4. The molecule has 0 aromatic heterocycles. The van der Waals surface area contributed by atoms with Crippen molar-refractivity contribution in [3.63, 3.8) is 0 Å². The van der Waals surface area contributed by atoms with E-state index in [0.29, 0.717) is 12.2 Å². The number of nitrogens with one attached hydrogen (secondary N) is 1. The predicted octanol–water partition coefficient (Wildman–Crippen LogP) is 4.01. The Morgan fingerprint density at radius 1 is 0.966 bits per heavy atom. The SMILES string of the molecule is CCN(C(=O)COC(=O)c1cccc(NC(C)=O)c1)c1cccc2ccccc12. The molecule has 0 unspecified atom stereocenters. The number of fused-ring (bicyclic) bond motifs is 1. The number of carbonyl (C=O) groups is 3. The first-order valence-electron chi connectivity index (χ1n) is 9.32. The van der Waals surface area contributed by atoms with Crippen molar-refractivity contribution in [2.24, 2.45) is 0 Å². The van der Waals surface area contributed by atoms with Crippen molar-refractivity contribution in [2.75, 3.05) is 23.4 Å². The van der Waals surface area contributed by atoms with Crippen LogP contribution in [-0.2, 0) is 14.3 Å². The highest BCUT2D eigenvalue weighted by Crippen LogP contribution is 2.26. The number of amides is 2. The molecule has 3 aromatic carbocycles. The predicted molar refractivity (Wildman–Crippen MR) is 113 cm³/mol. The molecule has 0 fully saturated rings. The Bertz CT molecular complexity index is 1060. The molecular formula is C23H22N2O4. The van der Waals surface area contributed by atoms with E-state index in [1.165, 1.54) is 13.0 Å². The van der Waals surface area contributed by atoms with Gasteiger partial charge in [-0.05, 0) is 36.6 Å². The van der Waals surface area contributed by atoms with Gasteiger partial charge in [-0.15, -0.1) is 0 Å². The minimum Gasteiger partial charge on any atom is -0.452 e. The molecule has 0 aliphatic rings. The van der Waals surface area contributed by atoms with E-state index in [0.717, 1.165) is 16.5 Å². The highest BCUT2D eigenvalue weighted by molar-refractivity contribution is 6.05. The average Bonchev–Trinajstić information content (AvgIpc) is 2.72. The van der Waals surface area contributed by atoms with Crippen LogP contribution in [0, 0.1) is 0 Å². The van der Waals surface area contributed by atoms with E-state index >= 15 is 0 Å². The lowest BCUT2D eigenvalue weighted by molar-refractivity contribution is -0.121. The van der Waals surface area contributed by atoms with Crippen molar-refractivity contribution in [3.8, 4) is 0 Å². The van der Waals surface area contributed by atoms with Gasteiger partial charge in [0.1, 0.15) is 0 Å². The summed E-state index contributed by atoms with van der Waals surface area (Å²) >= 11 is 0. The number of ether oxygens (including phenoxy) is 1. The first-order valence-corrected chi connectivity index (χ1v) is 9.32. The topological polar surface area (TPSA) is 75.7 Å². The lowest BCUT2D eigenvalue weighted by atomic mass is 10.1. The molecule has 29 heavy (non-hydrogen) atoms. The Morgan fingerprint density at radius 3 is 2.45 bits per heavy atom. The van der Waals surface area contributed by atoms with E-state index in [2.05, 4.69) is 5.32 Å². The van der Waals surface area contributed by atoms with Gasteiger partial charge in [-0.25, -0.2) is 4.79 Å². The number of esters is 1. The fraction of sp³-hybridized carbons (Fsp3) is 0.174. The number of rotatable bonds is 6. The van der Waals surface area contributed by atoms with Crippen LogP contribution in [0.5, 0.6) is 0 Å². The molecular weight excluding hydrogens is 368 g/mol. The number of benzene rings is 3. The number of hydrogen-bond donors (Lipinski definition) is 1. The number of carbonyl (C=O) groups excluding carboxylic acids is 3. The van der Waals surface area contributed by atoms with Gasteiger partial charge in [-0.2, -0.15) is 0 Å². The van der Waals surface area contributed by atoms with Crippen molar-refractivity contribution in [3.05, 3.63) is 72.3 Å². The monoisotopic (exact) mass is 390 g/mol. The largest absolute Gasteiger partial charge is 0.452 e. The van der Waals surface area contributed by atoms with Crippen LogP contribution >= 0.6 is 0 Å². The second-order valence-corrected chi connectivity index (χ2v) is 6.47. The summed E-state index contributed by atoms with van der Waals surface area (Å²) in [6.45, 7) is 3.33. The van der Waals surface area contributed by atoms with Crippen LogP contribution < -0.4 is 10.2 Å². The highest BCUT2D eigenvalue weighted by Gasteiger charge is 2.18. The number of nitrogens with zero attached hydrogens (tertiary/aromatic N) is 1. The van der Waals surface area contributed by atoms with Crippen LogP contribution in [0.1, 0.15) is 24.2 Å². The molecule has 0 bridgehead atoms. The van der Waals surface area contributed by atoms with Gasteiger partial charge in [-0.3, -0.25) is 9.59 Å². The smallest absolute Gasteiger partial charge is 0.338 e. The van der Waals surface area contributed by atoms with Gasteiger partial charge in [0.2, 0.25) is 5.91 Å². The minimum atomic E-state index is -0.625. The third kappa shape index (κ3) is 4.79. The molecule has 0 saturated carbocycles. The summed E-state index contributed by atoms with van der Waals surface area (Å²) in [5.41, 5.74) is 1.53. The molecule has 6 nitrogen and oxygen atoms in total. The summed E-state index contributed by atoms with van der Waals surface area (Å²) in [6.07, 6.45) is 0. The first kappa shape index (κ1) is 20.1. The standard InChI is InChI=1S/C23H22N2O4/c1-3-25(21-13-7-9-17-8-4-5-12-20(17)21)22(27)15-29-23(28)18-10-6-11-19(14-18)24-16(2)26/h4-14H,3,15H2,1-2H3,(H,24,26). The van der Waals surface area contributed by atoms with Crippen LogP contribution in [0.15, 0.2) is 66.7 Å². The summed E-state index contributed by atoms with van der Waals surface area (Å²) in [6, 6.07) is 20.0. The third-order valence-corrected chi connectivity index (χ3v) is 4.42. The van der Waals surface area contributed by atoms with Crippen molar-refractivity contribution in [1.29, 1.82) is 0 Å². The first-order chi connectivity index (χ1) is 14.0. The van der Waals surface area contributed by atoms with Gasteiger partial charge in [0, 0.05) is 24.5 Å². The van der Waals surface area contributed by atoms with Crippen LogP contribution in [0.3, 0.4) is 0 Å². The summed E-state index contributed by atoms with van der Waals surface area (Å²) < 4.78 is 5.22. The second-order valence-electron chi connectivity index (χ2n) is 6.47. The van der Waals surface area contributed by atoms with E-state index in [-0.39, 0.29) is 24.0 Å². The Morgan fingerprint density at radius 2 is 1.69 bits per heavy atom. The fourth-order valence-electron chi connectivity index (χ4n) is 3.14. The molecule has 0 radical (unpaired) electrons. The van der Waals surface area contributed by atoms with E-state index in [1.54, 1.807) is 23.1 Å². The number of anilines is 2. The molecule has 0 atom stereocenters. The zero-order valence-electron chi connectivity index (χ0n) is 16.3. The van der Waals surface area contributed by atoms with Gasteiger partial charge in [0.05, 0.1) is 11.3 Å². The maximum absolute atomic E-state index is 12.8. The Balaban J connectivity index is 1.72. The molecule has 0 aliphatic carbocycles. The summed E-state index contributed by atoms with van der Waals surface area (Å²) in [5, 5.41) is 4.60. The van der Waals surface area contributed by atoms with Gasteiger partial charge < -0.3 is 15.0 Å². The molecule has 0 spiro atoms. The average molecular weight is 390 g/mol. The Hall–Kier alpha value is -3.67. The summed E-state index contributed by atoms with van der Waals surface area (Å²) in [5.74, 6) is -1.17. The summed E-state index contributed by atoms with van der Waals surface area (Å²) in [4.78, 5) is 37.9. The molecule has 0 aliphatic heterocycles. The third-order valence-electron chi connectivity index (χ3n) is 4.42. The molecule has 3 rings (SSSR count). The second kappa shape index (κ2) is 9.01. The normalized spacial score (nSPS) is 10.4. The van der Waals surface area contributed by atoms with E-state index in [9.17, 15) is 14.4 Å². The molecule has 1 N–H and O–H groups in total. The maximum Gasteiger partial charge on any atom is 0.338 e. The molecule has 0 saturated heterocycles. The lowest BCUT2D eigenvalue weighted by Gasteiger charge is -2.22. The van der Waals surface area contributed by atoms with Crippen LogP contribution in [0.25, 0.3) is 10.8 Å².